The van der Waals surface area contributed by atoms with Crippen molar-refractivity contribution in [1.29, 1.82) is 0 Å². The molecule has 0 fully saturated rings. The van der Waals surface area contributed by atoms with Gasteiger partial charge in [0.1, 0.15) is 0 Å². The Bertz CT molecular complexity index is 2870. The first-order chi connectivity index (χ1) is 25.3. The van der Waals surface area contributed by atoms with E-state index in [-0.39, 0.29) is 5.41 Å². The zero-order valence-corrected chi connectivity index (χ0v) is 27.9. The lowest BCUT2D eigenvalue weighted by molar-refractivity contribution is 0.791. The van der Waals surface area contributed by atoms with Gasteiger partial charge in [-0.1, -0.05) is 146 Å². The van der Waals surface area contributed by atoms with Crippen LogP contribution in [-0.2, 0) is 11.8 Å². The highest BCUT2D eigenvalue weighted by Gasteiger charge is 2.52. The van der Waals surface area contributed by atoms with E-state index < -0.39 is 0 Å². The van der Waals surface area contributed by atoms with Gasteiger partial charge in [0.15, 0.2) is 0 Å². The maximum atomic E-state index is 5.10. The minimum absolute atomic E-state index is 0.372. The van der Waals surface area contributed by atoms with Crippen LogP contribution in [0, 0.1) is 0 Å². The average Bonchev–Trinajstić information content (AvgIpc) is 3.67. The maximum absolute atomic E-state index is 5.10. The Labute approximate surface area is 296 Å². The molecule has 1 aromatic heterocycles. The second-order valence-corrected chi connectivity index (χ2v) is 14.5. The summed E-state index contributed by atoms with van der Waals surface area (Å²) >= 11 is 0. The molecule has 7 aromatic carbocycles. The molecule has 0 amide bonds. The number of hydrogen-bond donors (Lipinski definition) is 0. The fraction of sp³-hybridized carbons (Fsp3) is 0.0600. The molecular weight excluding hydrogens is 615 g/mol. The normalized spacial score (nSPS) is 15.3. The lowest BCUT2D eigenvalue weighted by Crippen LogP contribution is -2.25. The van der Waals surface area contributed by atoms with Gasteiger partial charge in [-0.25, -0.2) is 0 Å². The molecule has 1 heterocycles. The molecule has 0 unspecified atom stereocenters. The third kappa shape index (κ3) is 3.43. The van der Waals surface area contributed by atoms with Crippen molar-refractivity contribution in [2.75, 3.05) is 0 Å². The van der Waals surface area contributed by atoms with Crippen LogP contribution in [-0.4, -0.2) is 4.98 Å². The van der Waals surface area contributed by atoms with Crippen molar-refractivity contribution in [1.82, 2.24) is 4.98 Å². The van der Waals surface area contributed by atoms with Crippen molar-refractivity contribution in [3.63, 3.8) is 0 Å². The molecule has 4 aliphatic carbocycles. The van der Waals surface area contributed by atoms with E-state index in [0.29, 0.717) is 0 Å². The van der Waals surface area contributed by atoms with Crippen molar-refractivity contribution in [2.45, 2.75) is 18.3 Å². The first-order valence-corrected chi connectivity index (χ1v) is 18.1. The number of hydrogen-bond acceptors (Lipinski definition) is 1. The highest BCUT2D eigenvalue weighted by Crippen LogP contribution is 2.62. The molecule has 1 heteroatoms. The summed E-state index contributed by atoms with van der Waals surface area (Å²) in [6, 6.07) is 54.5. The molecule has 0 radical (unpaired) electrons. The predicted octanol–water partition coefficient (Wildman–Crippen LogP) is 12.2. The number of aromatic nitrogens is 1. The van der Waals surface area contributed by atoms with E-state index >= 15 is 0 Å². The van der Waals surface area contributed by atoms with Crippen LogP contribution in [0.4, 0.5) is 0 Å². The van der Waals surface area contributed by atoms with Crippen molar-refractivity contribution in [2.24, 2.45) is 0 Å². The van der Waals surface area contributed by atoms with E-state index in [9.17, 15) is 0 Å². The fourth-order valence-corrected chi connectivity index (χ4v) is 10.2. The molecule has 0 aliphatic heterocycles. The van der Waals surface area contributed by atoms with E-state index in [2.05, 4.69) is 158 Å². The number of nitrogens with zero attached hydrogens (tertiary/aromatic N) is 1. The summed E-state index contributed by atoms with van der Waals surface area (Å²) in [6.45, 7) is 0. The minimum atomic E-state index is -0.372. The Morgan fingerprint density at radius 1 is 0.471 bits per heavy atom. The fourth-order valence-electron chi connectivity index (χ4n) is 10.2. The summed E-state index contributed by atoms with van der Waals surface area (Å²) in [7, 11) is 0. The van der Waals surface area contributed by atoms with E-state index in [1.807, 2.05) is 6.20 Å². The third-order valence-electron chi connectivity index (χ3n) is 12.2. The first-order valence-electron chi connectivity index (χ1n) is 18.1. The largest absolute Gasteiger partial charge is 0.256 e. The van der Waals surface area contributed by atoms with Gasteiger partial charge in [-0.15, -0.1) is 0 Å². The quantitative estimate of drug-likeness (QED) is 0.182. The Balaban J connectivity index is 1.07. The van der Waals surface area contributed by atoms with Gasteiger partial charge in [0.25, 0.3) is 0 Å². The standard InChI is InChI=1S/C50H31N/c1-2-11-34-30(9-1)10-7-14-36(34)37-24-19-32-20-25-40-35(23-18-31-21-26-41(37)48(32)47(31)40)33-22-27-45-42(29-33)49-46(17-8-28-51-49)50(45)43-15-5-3-12-38(43)39-13-4-6-16-44(39)50/h1-18,20-24,26-29H,19,25H2. The number of allylic oxidation sites excluding steroid dienone is 3. The summed E-state index contributed by atoms with van der Waals surface area (Å²) in [6.07, 6.45) is 8.80. The summed E-state index contributed by atoms with van der Waals surface area (Å²) in [5, 5.41) is 5.34. The van der Waals surface area contributed by atoms with Gasteiger partial charge in [0.05, 0.1) is 11.1 Å². The van der Waals surface area contributed by atoms with E-state index in [0.717, 1.165) is 18.5 Å². The lowest BCUT2D eigenvalue weighted by Gasteiger charge is -2.30. The molecule has 236 valence electrons. The number of benzene rings is 7. The van der Waals surface area contributed by atoms with Crippen LogP contribution in [0.5, 0.6) is 0 Å². The SMILES string of the molecule is C1=C(c2cccc3ccccc23)c2ccc3ccc(-c4ccc5c(c4)-c4ncccc4C54c5ccccc5-c5ccccc54)c4c3c2C(=CC4)C1. The summed E-state index contributed by atoms with van der Waals surface area (Å²) in [5.41, 5.74) is 20.8. The Morgan fingerprint density at radius 3 is 2.04 bits per heavy atom. The number of fused-ring (bicyclic) bond motifs is 11. The number of rotatable bonds is 2. The molecular formula is C50H31N. The van der Waals surface area contributed by atoms with Crippen molar-refractivity contribution in [3.05, 3.63) is 208 Å². The molecule has 1 spiro atoms. The smallest absolute Gasteiger partial charge is 0.0753 e. The molecule has 0 atom stereocenters. The van der Waals surface area contributed by atoms with Gasteiger partial charge < -0.3 is 0 Å². The topological polar surface area (TPSA) is 12.9 Å². The third-order valence-corrected chi connectivity index (χ3v) is 12.2. The van der Waals surface area contributed by atoms with Crippen LogP contribution in [0.25, 0.3) is 66.2 Å². The lowest BCUT2D eigenvalue weighted by atomic mass is 9.70. The van der Waals surface area contributed by atoms with Gasteiger partial charge in [-0.05, 0) is 124 Å². The Hall–Kier alpha value is -6.31. The van der Waals surface area contributed by atoms with Crippen LogP contribution in [0.2, 0.25) is 0 Å². The second-order valence-electron chi connectivity index (χ2n) is 14.5. The highest BCUT2D eigenvalue weighted by molar-refractivity contribution is 6.10. The monoisotopic (exact) mass is 645 g/mol. The van der Waals surface area contributed by atoms with Crippen molar-refractivity contribution in [3.8, 4) is 33.5 Å². The molecule has 12 rings (SSSR count). The van der Waals surface area contributed by atoms with Crippen LogP contribution in [0.1, 0.15) is 50.9 Å². The van der Waals surface area contributed by atoms with Crippen molar-refractivity contribution < 1.29 is 0 Å². The molecule has 0 saturated carbocycles. The summed E-state index contributed by atoms with van der Waals surface area (Å²) in [5.74, 6) is 0. The molecule has 0 bridgehead atoms. The van der Waals surface area contributed by atoms with Crippen LogP contribution in [0.15, 0.2) is 164 Å². The number of pyridine rings is 1. The second kappa shape index (κ2) is 9.90. The molecule has 0 saturated heterocycles. The van der Waals surface area contributed by atoms with Crippen LogP contribution < -0.4 is 0 Å². The van der Waals surface area contributed by atoms with Crippen LogP contribution >= 0.6 is 0 Å². The molecule has 4 aliphatic rings. The van der Waals surface area contributed by atoms with E-state index in [4.69, 9.17) is 4.98 Å². The average molecular weight is 646 g/mol. The van der Waals surface area contributed by atoms with Gasteiger partial charge in [0, 0.05) is 11.8 Å². The molecule has 0 N–H and O–H groups in total. The maximum Gasteiger partial charge on any atom is 0.0753 e. The van der Waals surface area contributed by atoms with E-state index in [1.165, 1.54) is 105 Å². The van der Waals surface area contributed by atoms with Crippen molar-refractivity contribution >= 4 is 32.7 Å². The Kier molecular flexibility index (Phi) is 5.34. The van der Waals surface area contributed by atoms with Gasteiger partial charge in [-0.3, -0.25) is 4.98 Å². The zero-order valence-electron chi connectivity index (χ0n) is 27.9. The zero-order chi connectivity index (χ0) is 33.3. The van der Waals surface area contributed by atoms with Crippen LogP contribution in [0.3, 0.4) is 0 Å². The summed E-state index contributed by atoms with van der Waals surface area (Å²) < 4.78 is 0. The van der Waals surface area contributed by atoms with Gasteiger partial charge in [0.2, 0.25) is 0 Å². The highest BCUT2D eigenvalue weighted by atomic mass is 14.7. The summed E-state index contributed by atoms with van der Waals surface area (Å²) in [4.78, 5) is 5.10. The minimum Gasteiger partial charge on any atom is -0.256 e. The van der Waals surface area contributed by atoms with Gasteiger partial charge in [-0.2, -0.15) is 0 Å². The first kappa shape index (κ1) is 27.5. The molecule has 1 nitrogen and oxygen atoms in total. The van der Waals surface area contributed by atoms with E-state index in [1.54, 1.807) is 0 Å². The predicted molar refractivity (Wildman–Crippen MR) is 211 cm³/mol. The van der Waals surface area contributed by atoms with Gasteiger partial charge >= 0.3 is 0 Å². The molecule has 8 aromatic rings. The Morgan fingerprint density at radius 2 is 1.18 bits per heavy atom. The molecule has 51 heavy (non-hydrogen) atoms.